The molecule has 0 spiro atoms. The van der Waals surface area contributed by atoms with E-state index in [-0.39, 0.29) is 17.6 Å². The summed E-state index contributed by atoms with van der Waals surface area (Å²) in [6.45, 7) is 8.98. The van der Waals surface area contributed by atoms with Gasteiger partial charge in [0.05, 0.1) is 0 Å². The lowest BCUT2D eigenvalue weighted by Gasteiger charge is -2.41. The predicted molar refractivity (Wildman–Crippen MR) is 85.2 cm³/mol. The minimum Gasteiger partial charge on any atom is -0.489 e. The molecule has 1 aromatic rings. The molecular formula is C18H29NO. The van der Waals surface area contributed by atoms with Crippen molar-refractivity contribution in [3.05, 3.63) is 29.8 Å². The molecule has 2 N–H and O–H groups in total. The first-order valence-electron chi connectivity index (χ1n) is 7.96. The summed E-state index contributed by atoms with van der Waals surface area (Å²) in [5.41, 5.74) is 7.94. The lowest BCUT2D eigenvalue weighted by Crippen LogP contribution is -2.51. The van der Waals surface area contributed by atoms with Gasteiger partial charge in [0, 0.05) is 6.04 Å². The summed E-state index contributed by atoms with van der Waals surface area (Å²) in [7, 11) is 0. The maximum absolute atomic E-state index is 6.38. The molecule has 0 amide bonds. The van der Waals surface area contributed by atoms with E-state index in [9.17, 15) is 0 Å². The molecule has 0 aliphatic heterocycles. The Morgan fingerprint density at radius 2 is 1.95 bits per heavy atom. The molecule has 1 aliphatic rings. The van der Waals surface area contributed by atoms with Gasteiger partial charge >= 0.3 is 0 Å². The Kier molecular flexibility index (Phi) is 4.74. The van der Waals surface area contributed by atoms with E-state index in [1.807, 2.05) is 0 Å². The molecule has 1 fully saturated rings. The van der Waals surface area contributed by atoms with E-state index in [2.05, 4.69) is 52.0 Å². The van der Waals surface area contributed by atoms with Gasteiger partial charge in [-0.2, -0.15) is 0 Å². The fourth-order valence-electron chi connectivity index (χ4n) is 3.03. The highest BCUT2D eigenvalue weighted by molar-refractivity contribution is 5.29. The second-order valence-electron chi connectivity index (χ2n) is 6.94. The van der Waals surface area contributed by atoms with Crippen LogP contribution in [-0.2, 0) is 0 Å². The van der Waals surface area contributed by atoms with Crippen molar-refractivity contribution >= 4 is 0 Å². The summed E-state index contributed by atoms with van der Waals surface area (Å²) in [6, 6.07) is 8.67. The Balaban J connectivity index is 2.03. The molecule has 112 valence electrons. The largest absolute Gasteiger partial charge is 0.489 e. The molecule has 0 aromatic heterocycles. The lowest BCUT2D eigenvalue weighted by atomic mass is 9.72. The standard InChI is InChI=1S/C18H29NO/c1-5-13(2)14-8-10-15(11-9-14)20-16-7-6-12-18(3,4)17(16)19/h8-11,13,16-17H,5-7,12,19H2,1-4H3. The molecule has 1 aromatic carbocycles. The first-order valence-corrected chi connectivity index (χ1v) is 7.96. The summed E-state index contributed by atoms with van der Waals surface area (Å²) >= 11 is 0. The molecule has 0 saturated heterocycles. The fraction of sp³-hybridized carbons (Fsp3) is 0.667. The van der Waals surface area contributed by atoms with Gasteiger partial charge in [0.25, 0.3) is 0 Å². The van der Waals surface area contributed by atoms with E-state index < -0.39 is 0 Å². The smallest absolute Gasteiger partial charge is 0.119 e. The van der Waals surface area contributed by atoms with Gasteiger partial charge in [-0.1, -0.05) is 39.8 Å². The number of rotatable bonds is 4. The second kappa shape index (κ2) is 6.17. The lowest BCUT2D eigenvalue weighted by molar-refractivity contribution is 0.0567. The van der Waals surface area contributed by atoms with Gasteiger partial charge in [-0.05, 0) is 54.7 Å². The molecule has 0 radical (unpaired) electrons. The Morgan fingerprint density at radius 3 is 2.55 bits per heavy atom. The van der Waals surface area contributed by atoms with Gasteiger partial charge in [0.1, 0.15) is 11.9 Å². The Labute approximate surface area is 123 Å². The average Bonchev–Trinajstić information content (AvgIpc) is 2.44. The zero-order valence-corrected chi connectivity index (χ0v) is 13.4. The van der Waals surface area contributed by atoms with Crippen LogP contribution >= 0.6 is 0 Å². The highest BCUT2D eigenvalue weighted by Gasteiger charge is 2.37. The Hall–Kier alpha value is -1.02. The van der Waals surface area contributed by atoms with Crippen molar-refractivity contribution < 1.29 is 4.74 Å². The van der Waals surface area contributed by atoms with Gasteiger partial charge in [0.2, 0.25) is 0 Å². The quantitative estimate of drug-likeness (QED) is 0.879. The summed E-state index contributed by atoms with van der Waals surface area (Å²) < 4.78 is 6.15. The third-order valence-electron chi connectivity index (χ3n) is 4.96. The van der Waals surface area contributed by atoms with E-state index >= 15 is 0 Å². The van der Waals surface area contributed by atoms with Crippen molar-refractivity contribution in [1.82, 2.24) is 0 Å². The van der Waals surface area contributed by atoms with Crippen molar-refractivity contribution in [3.8, 4) is 5.75 Å². The van der Waals surface area contributed by atoms with Gasteiger partial charge < -0.3 is 10.5 Å². The topological polar surface area (TPSA) is 35.2 Å². The predicted octanol–water partition coefficient (Wildman–Crippen LogP) is 4.48. The normalized spacial score (nSPS) is 27.1. The number of hydrogen-bond acceptors (Lipinski definition) is 2. The van der Waals surface area contributed by atoms with Crippen molar-refractivity contribution in [2.24, 2.45) is 11.1 Å². The Morgan fingerprint density at radius 1 is 1.30 bits per heavy atom. The summed E-state index contributed by atoms with van der Waals surface area (Å²) in [6.07, 6.45) is 4.78. The number of ether oxygens (including phenoxy) is 1. The highest BCUT2D eigenvalue weighted by atomic mass is 16.5. The summed E-state index contributed by atoms with van der Waals surface area (Å²) in [5.74, 6) is 1.56. The SMILES string of the molecule is CCC(C)c1ccc(OC2CCCC(C)(C)C2N)cc1. The fourth-order valence-corrected chi connectivity index (χ4v) is 3.03. The van der Waals surface area contributed by atoms with Crippen molar-refractivity contribution in [2.45, 2.75) is 71.4 Å². The van der Waals surface area contributed by atoms with Crippen LogP contribution < -0.4 is 10.5 Å². The van der Waals surface area contributed by atoms with Crippen molar-refractivity contribution in [2.75, 3.05) is 0 Å². The molecule has 2 nitrogen and oxygen atoms in total. The molecular weight excluding hydrogens is 246 g/mol. The highest BCUT2D eigenvalue weighted by Crippen LogP contribution is 2.36. The van der Waals surface area contributed by atoms with Crippen LogP contribution in [0.15, 0.2) is 24.3 Å². The van der Waals surface area contributed by atoms with E-state index in [1.165, 1.54) is 24.8 Å². The van der Waals surface area contributed by atoms with Gasteiger partial charge in [-0.25, -0.2) is 0 Å². The molecule has 2 heteroatoms. The maximum atomic E-state index is 6.38. The number of nitrogens with two attached hydrogens (primary N) is 1. The monoisotopic (exact) mass is 275 g/mol. The first kappa shape index (κ1) is 15.4. The average molecular weight is 275 g/mol. The van der Waals surface area contributed by atoms with E-state index in [1.54, 1.807) is 0 Å². The molecule has 1 saturated carbocycles. The van der Waals surface area contributed by atoms with Crippen LogP contribution in [0.5, 0.6) is 5.75 Å². The third kappa shape index (κ3) is 3.35. The zero-order chi connectivity index (χ0) is 14.8. The number of benzene rings is 1. The summed E-state index contributed by atoms with van der Waals surface area (Å²) in [5, 5.41) is 0. The maximum Gasteiger partial charge on any atom is 0.119 e. The van der Waals surface area contributed by atoms with Gasteiger partial charge in [-0.15, -0.1) is 0 Å². The molecule has 0 heterocycles. The van der Waals surface area contributed by atoms with Crippen LogP contribution in [0.3, 0.4) is 0 Å². The van der Waals surface area contributed by atoms with Crippen molar-refractivity contribution in [3.63, 3.8) is 0 Å². The Bertz CT molecular complexity index is 424. The van der Waals surface area contributed by atoms with E-state index in [0.29, 0.717) is 5.92 Å². The molecule has 0 bridgehead atoms. The van der Waals surface area contributed by atoms with Crippen LogP contribution in [0.25, 0.3) is 0 Å². The molecule has 2 rings (SSSR count). The molecule has 20 heavy (non-hydrogen) atoms. The van der Waals surface area contributed by atoms with Gasteiger partial charge in [-0.3, -0.25) is 0 Å². The minimum atomic E-state index is 0.116. The van der Waals surface area contributed by atoms with E-state index in [0.717, 1.165) is 12.2 Å². The number of hydrogen-bond donors (Lipinski definition) is 1. The van der Waals surface area contributed by atoms with Crippen LogP contribution in [0.2, 0.25) is 0 Å². The molecule has 1 aliphatic carbocycles. The van der Waals surface area contributed by atoms with Crippen molar-refractivity contribution in [1.29, 1.82) is 0 Å². The van der Waals surface area contributed by atoms with Crippen LogP contribution in [-0.4, -0.2) is 12.1 Å². The van der Waals surface area contributed by atoms with Gasteiger partial charge in [0.15, 0.2) is 0 Å². The van der Waals surface area contributed by atoms with Crippen LogP contribution in [0, 0.1) is 5.41 Å². The van der Waals surface area contributed by atoms with E-state index in [4.69, 9.17) is 10.5 Å². The first-order chi connectivity index (χ1) is 9.44. The summed E-state index contributed by atoms with van der Waals surface area (Å²) in [4.78, 5) is 0. The van der Waals surface area contributed by atoms with Crippen LogP contribution in [0.4, 0.5) is 0 Å². The molecule has 3 atom stereocenters. The van der Waals surface area contributed by atoms with Crippen LogP contribution in [0.1, 0.15) is 64.9 Å². The second-order valence-corrected chi connectivity index (χ2v) is 6.94. The minimum absolute atomic E-state index is 0.116. The molecule has 3 unspecified atom stereocenters. The zero-order valence-electron chi connectivity index (χ0n) is 13.4. The third-order valence-corrected chi connectivity index (χ3v) is 4.96.